The third-order valence-electron chi connectivity index (χ3n) is 6.47. The van der Waals surface area contributed by atoms with Gasteiger partial charge < -0.3 is 9.80 Å². The van der Waals surface area contributed by atoms with Crippen LogP contribution in [0, 0.1) is 20.8 Å². The number of hydrogen-bond donors (Lipinski definition) is 1. The predicted molar refractivity (Wildman–Crippen MR) is 115 cm³/mol. The van der Waals surface area contributed by atoms with Gasteiger partial charge in [0.25, 0.3) is 5.91 Å². The lowest BCUT2D eigenvalue weighted by atomic mass is 10.1. The van der Waals surface area contributed by atoms with E-state index in [2.05, 4.69) is 0 Å². The molecule has 0 unspecified atom stereocenters. The Hall–Kier alpha value is -1.44. The lowest BCUT2D eigenvalue weighted by molar-refractivity contribution is -0.918. The van der Waals surface area contributed by atoms with Crippen molar-refractivity contribution in [2.75, 3.05) is 39.3 Å². The van der Waals surface area contributed by atoms with E-state index in [-0.39, 0.29) is 11.9 Å². The number of amides is 1. The van der Waals surface area contributed by atoms with E-state index < -0.39 is 10.0 Å². The lowest BCUT2D eigenvalue weighted by Crippen LogP contribution is -3.19. The van der Waals surface area contributed by atoms with E-state index in [9.17, 15) is 13.2 Å². The molecule has 0 spiro atoms. The second-order valence-corrected chi connectivity index (χ2v) is 10.6. The van der Waals surface area contributed by atoms with Crippen molar-refractivity contribution in [2.24, 2.45) is 0 Å². The van der Waals surface area contributed by atoms with Crippen LogP contribution in [0.15, 0.2) is 17.0 Å². The van der Waals surface area contributed by atoms with Crippen LogP contribution in [0.25, 0.3) is 0 Å². The van der Waals surface area contributed by atoms with Gasteiger partial charge in [-0.1, -0.05) is 30.5 Å². The number of hydrogen-bond acceptors (Lipinski definition) is 3. The third-order valence-corrected chi connectivity index (χ3v) is 8.67. The molecule has 1 aromatic carbocycles. The van der Waals surface area contributed by atoms with E-state index in [1.54, 1.807) is 4.31 Å². The van der Waals surface area contributed by atoms with Crippen LogP contribution in [0.5, 0.6) is 0 Å². The molecular weight excluding hydrogens is 386 g/mol. The minimum absolute atomic E-state index is 0.110. The summed E-state index contributed by atoms with van der Waals surface area (Å²) in [5, 5.41) is 0. The van der Waals surface area contributed by atoms with Gasteiger partial charge in [-0.15, -0.1) is 0 Å². The standard InChI is InChI=1S/C22H35N3O3S/c1-17-15-18(2)21(19(3)16-17)29(27,28)25-13-11-23(12-14-25)20(4)22(26)24-9-7-5-6-8-10-24/h15-16,20H,5-14H2,1-4H3/p+1/t20-/m1/s1. The van der Waals surface area contributed by atoms with Crippen LogP contribution in [-0.4, -0.2) is 68.8 Å². The zero-order valence-electron chi connectivity index (χ0n) is 18.3. The van der Waals surface area contributed by atoms with Gasteiger partial charge in [0.1, 0.15) is 0 Å². The molecule has 0 radical (unpaired) electrons. The smallest absolute Gasteiger partial charge is 0.280 e. The number of rotatable bonds is 4. The van der Waals surface area contributed by atoms with Crippen molar-refractivity contribution < 1.29 is 18.1 Å². The number of carbonyl (C=O) groups is 1. The summed E-state index contributed by atoms with van der Waals surface area (Å²) in [7, 11) is -3.51. The summed E-state index contributed by atoms with van der Waals surface area (Å²) >= 11 is 0. The molecule has 2 aliphatic rings. The van der Waals surface area contributed by atoms with E-state index in [0.29, 0.717) is 31.1 Å². The number of piperazine rings is 1. The second kappa shape index (κ2) is 9.14. The Bertz CT molecular complexity index is 814. The van der Waals surface area contributed by atoms with Crippen LogP contribution >= 0.6 is 0 Å². The number of sulfonamides is 1. The highest BCUT2D eigenvalue weighted by Crippen LogP contribution is 2.25. The molecule has 2 saturated heterocycles. The molecule has 0 aromatic heterocycles. The van der Waals surface area contributed by atoms with Gasteiger partial charge in [0.05, 0.1) is 31.1 Å². The van der Waals surface area contributed by atoms with Crippen molar-refractivity contribution in [1.82, 2.24) is 9.21 Å². The number of benzene rings is 1. The molecule has 0 bridgehead atoms. The molecule has 6 nitrogen and oxygen atoms in total. The van der Waals surface area contributed by atoms with E-state index in [4.69, 9.17) is 0 Å². The Balaban J connectivity index is 1.66. The first-order valence-electron chi connectivity index (χ1n) is 10.9. The van der Waals surface area contributed by atoms with E-state index in [1.165, 1.54) is 17.7 Å². The SMILES string of the molecule is Cc1cc(C)c(S(=O)(=O)N2CC[NH+]([C@H](C)C(=O)N3CCCCCC3)CC2)c(C)c1. The maximum Gasteiger partial charge on any atom is 0.280 e. The molecule has 1 N–H and O–H groups in total. The van der Waals surface area contributed by atoms with Gasteiger partial charge in [0, 0.05) is 13.1 Å². The van der Waals surface area contributed by atoms with E-state index in [1.807, 2.05) is 44.7 Å². The van der Waals surface area contributed by atoms with Crippen molar-refractivity contribution in [3.05, 3.63) is 28.8 Å². The summed E-state index contributed by atoms with van der Waals surface area (Å²) in [5.74, 6) is 0.225. The molecule has 162 valence electrons. The number of likely N-dealkylation sites (tertiary alicyclic amines) is 1. The zero-order chi connectivity index (χ0) is 21.2. The maximum atomic E-state index is 13.3. The first-order valence-corrected chi connectivity index (χ1v) is 12.4. The van der Waals surface area contributed by atoms with Gasteiger partial charge in [-0.3, -0.25) is 4.79 Å². The minimum Gasteiger partial charge on any atom is -0.338 e. The van der Waals surface area contributed by atoms with E-state index in [0.717, 1.165) is 42.6 Å². The third kappa shape index (κ3) is 4.84. The van der Waals surface area contributed by atoms with Gasteiger partial charge in [-0.25, -0.2) is 8.42 Å². The Labute approximate surface area is 175 Å². The maximum absolute atomic E-state index is 13.3. The van der Waals surface area contributed by atoms with Gasteiger partial charge in [0.2, 0.25) is 10.0 Å². The van der Waals surface area contributed by atoms with Gasteiger partial charge in [-0.05, 0) is 51.7 Å². The number of carbonyl (C=O) groups excluding carboxylic acids is 1. The predicted octanol–water partition coefficient (Wildman–Crippen LogP) is 1.29. The summed E-state index contributed by atoms with van der Waals surface area (Å²) in [6.45, 7) is 11.7. The van der Waals surface area contributed by atoms with Crippen LogP contribution in [0.4, 0.5) is 0 Å². The van der Waals surface area contributed by atoms with Crippen molar-refractivity contribution in [2.45, 2.75) is 64.3 Å². The van der Waals surface area contributed by atoms with Crippen LogP contribution in [-0.2, 0) is 14.8 Å². The van der Waals surface area contributed by atoms with Gasteiger partial charge in [0.15, 0.2) is 6.04 Å². The summed E-state index contributed by atoms with van der Waals surface area (Å²) in [4.78, 5) is 16.6. The second-order valence-electron chi connectivity index (χ2n) is 8.75. The van der Waals surface area contributed by atoms with Crippen LogP contribution in [0.3, 0.4) is 0 Å². The summed E-state index contributed by atoms with van der Waals surface area (Å²) in [6, 6.07) is 3.76. The minimum atomic E-state index is -3.51. The molecular formula is C22H36N3O3S+. The van der Waals surface area contributed by atoms with Crippen LogP contribution in [0.2, 0.25) is 0 Å². The molecule has 2 heterocycles. The fourth-order valence-electron chi connectivity index (χ4n) is 4.89. The highest BCUT2D eigenvalue weighted by molar-refractivity contribution is 7.89. The first-order chi connectivity index (χ1) is 13.7. The summed E-state index contributed by atoms with van der Waals surface area (Å²) < 4.78 is 28.2. The Morgan fingerprint density at radius 2 is 1.45 bits per heavy atom. The Kier molecular flexibility index (Phi) is 7.02. The quantitative estimate of drug-likeness (QED) is 0.795. The van der Waals surface area contributed by atoms with Crippen LogP contribution < -0.4 is 4.90 Å². The highest BCUT2D eigenvalue weighted by atomic mass is 32.2. The van der Waals surface area contributed by atoms with Gasteiger partial charge in [-0.2, -0.15) is 4.31 Å². The number of aryl methyl sites for hydroxylation is 3. The number of quaternary nitrogens is 1. The zero-order valence-corrected chi connectivity index (χ0v) is 19.1. The fraction of sp³-hybridized carbons (Fsp3) is 0.682. The summed E-state index contributed by atoms with van der Waals surface area (Å²) in [6.07, 6.45) is 4.60. The average molecular weight is 423 g/mol. The van der Waals surface area contributed by atoms with Gasteiger partial charge >= 0.3 is 0 Å². The molecule has 1 aromatic rings. The summed E-state index contributed by atoms with van der Waals surface area (Å²) in [5.41, 5.74) is 2.69. The number of nitrogens with one attached hydrogen (secondary N) is 1. The Morgan fingerprint density at radius 1 is 0.931 bits per heavy atom. The molecule has 7 heteroatoms. The molecule has 0 aliphatic carbocycles. The fourth-order valence-corrected chi connectivity index (χ4v) is 6.74. The molecule has 1 amide bonds. The topological polar surface area (TPSA) is 62.1 Å². The van der Waals surface area contributed by atoms with Crippen LogP contribution in [0.1, 0.15) is 49.3 Å². The van der Waals surface area contributed by atoms with Crippen molar-refractivity contribution in [3.8, 4) is 0 Å². The molecule has 0 saturated carbocycles. The lowest BCUT2D eigenvalue weighted by Gasteiger charge is -2.36. The molecule has 2 aliphatic heterocycles. The normalized spacial score (nSPS) is 21.0. The van der Waals surface area contributed by atoms with Crippen molar-refractivity contribution in [3.63, 3.8) is 0 Å². The molecule has 1 atom stereocenters. The molecule has 3 rings (SSSR count). The number of nitrogens with zero attached hydrogens (tertiary/aromatic N) is 2. The van der Waals surface area contributed by atoms with Crippen molar-refractivity contribution >= 4 is 15.9 Å². The molecule has 29 heavy (non-hydrogen) atoms. The van der Waals surface area contributed by atoms with E-state index >= 15 is 0 Å². The van der Waals surface area contributed by atoms with Crippen molar-refractivity contribution in [1.29, 1.82) is 0 Å². The average Bonchev–Trinajstić information content (AvgIpc) is 2.95. The Morgan fingerprint density at radius 3 is 1.97 bits per heavy atom. The molecule has 2 fully saturated rings. The first kappa shape index (κ1) is 22.2. The highest BCUT2D eigenvalue weighted by Gasteiger charge is 2.36. The largest absolute Gasteiger partial charge is 0.338 e. The monoisotopic (exact) mass is 422 g/mol.